The number of carbonyl (C=O) groups is 1. The summed E-state index contributed by atoms with van der Waals surface area (Å²) in [5, 5.41) is 0. The predicted octanol–water partition coefficient (Wildman–Crippen LogP) is 4.83. The minimum Gasteiger partial charge on any atom is -0.497 e. The van der Waals surface area contributed by atoms with Gasteiger partial charge in [-0.25, -0.2) is 4.79 Å². The van der Waals surface area contributed by atoms with Gasteiger partial charge in [0, 0.05) is 24.7 Å². The molecule has 0 spiro atoms. The summed E-state index contributed by atoms with van der Waals surface area (Å²) in [6, 6.07) is 17.5. The molecule has 0 aliphatic rings. The fraction of sp³-hybridized carbons (Fsp3) is 0.360. The molecular formula is C25H30N2O4. The fourth-order valence-corrected chi connectivity index (χ4v) is 3.63. The molecule has 0 N–H and O–H groups in total. The van der Waals surface area contributed by atoms with Crippen LogP contribution in [0.15, 0.2) is 65.6 Å². The van der Waals surface area contributed by atoms with E-state index in [0.29, 0.717) is 13.0 Å². The SMILES string of the molecule is COC(=O)CCCCCCCn1cc(-c2ccccc2)n(-c2ccc(OC)cc2)c1=O. The fourth-order valence-electron chi connectivity index (χ4n) is 3.63. The van der Waals surface area contributed by atoms with E-state index in [1.807, 2.05) is 60.8 Å². The molecule has 1 heterocycles. The normalized spacial score (nSPS) is 10.8. The van der Waals surface area contributed by atoms with Crippen molar-refractivity contribution in [1.82, 2.24) is 9.13 Å². The summed E-state index contributed by atoms with van der Waals surface area (Å²) in [4.78, 5) is 24.4. The van der Waals surface area contributed by atoms with Gasteiger partial charge in [-0.1, -0.05) is 49.6 Å². The summed E-state index contributed by atoms with van der Waals surface area (Å²) in [5.41, 5.74) is 2.63. The Hall–Kier alpha value is -3.28. The molecule has 0 fully saturated rings. The molecule has 0 saturated carbocycles. The highest BCUT2D eigenvalue weighted by atomic mass is 16.5. The van der Waals surface area contributed by atoms with Gasteiger partial charge in [-0.3, -0.25) is 13.9 Å². The van der Waals surface area contributed by atoms with Crippen LogP contribution in [0.5, 0.6) is 5.75 Å². The van der Waals surface area contributed by atoms with Gasteiger partial charge >= 0.3 is 11.7 Å². The van der Waals surface area contributed by atoms with Gasteiger partial charge in [0.25, 0.3) is 0 Å². The maximum atomic E-state index is 13.2. The Labute approximate surface area is 183 Å². The Balaban J connectivity index is 1.72. The van der Waals surface area contributed by atoms with Crippen molar-refractivity contribution in [3.63, 3.8) is 0 Å². The number of imidazole rings is 1. The van der Waals surface area contributed by atoms with Crippen molar-refractivity contribution in [2.45, 2.75) is 45.1 Å². The number of benzene rings is 2. The van der Waals surface area contributed by atoms with E-state index in [1.165, 1.54) is 7.11 Å². The lowest BCUT2D eigenvalue weighted by Gasteiger charge is -2.08. The number of hydrogen-bond acceptors (Lipinski definition) is 4. The van der Waals surface area contributed by atoms with Crippen LogP contribution >= 0.6 is 0 Å². The van der Waals surface area contributed by atoms with Gasteiger partial charge in [0.15, 0.2) is 0 Å². The van der Waals surface area contributed by atoms with E-state index in [2.05, 4.69) is 4.74 Å². The molecule has 2 aromatic carbocycles. The maximum absolute atomic E-state index is 13.2. The second kappa shape index (κ2) is 11.2. The summed E-state index contributed by atoms with van der Waals surface area (Å²) < 4.78 is 13.5. The molecule has 0 unspecified atom stereocenters. The van der Waals surface area contributed by atoms with Gasteiger partial charge in [-0.15, -0.1) is 0 Å². The van der Waals surface area contributed by atoms with Gasteiger partial charge in [-0.05, 0) is 37.1 Å². The van der Waals surface area contributed by atoms with E-state index in [1.54, 1.807) is 16.2 Å². The van der Waals surface area contributed by atoms with Gasteiger partial charge in [0.1, 0.15) is 5.75 Å². The molecule has 1 aromatic heterocycles. The number of rotatable bonds is 11. The number of esters is 1. The summed E-state index contributed by atoms with van der Waals surface area (Å²) in [6.45, 7) is 0.665. The van der Waals surface area contributed by atoms with E-state index < -0.39 is 0 Å². The number of ether oxygens (including phenoxy) is 2. The standard InChI is InChI=1S/C25H30N2O4/c1-30-22-16-14-21(15-17-22)27-23(20-11-7-6-8-12-20)19-26(25(27)29)18-10-5-3-4-9-13-24(28)31-2/h6-8,11-12,14-17,19H,3-5,9-10,13,18H2,1-2H3. The second-order valence-corrected chi connectivity index (χ2v) is 7.48. The first-order valence-corrected chi connectivity index (χ1v) is 10.7. The van der Waals surface area contributed by atoms with E-state index >= 15 is 0 Å². The number of methoxy groups -OCH3 is 2. The lowest BCUT2D eigenvalue weighted by Crippen LogP contribution is -2.23. The molecule has 0 aliphatic carbocycles. The monoisotopic (exact) mass is 422 g/mol. The number of aromatic nitrogens is 2. The average molecular weight is 423 g/mol. The maximum Gasteiger partial charge on any atom is 0.333 e. The zero-order valence-electron chi connectivity index (χ0n) is 18.3. The molecule has 0 aliphatic heterocycles. The molecule has 0 amide bonds. The molecule has 3 rings (SSSR count). The van der Waals surface area contributed by atoms with Gasteiger partial charge in [-0.2, -0.15) is 0 Å². The van der Waals surface area contributed by atoms with Crippen LogP contribution in [0.4, 0.5) is 0 Å². The predicted molar refractivity (Wildman–Crippen MR) is 122 cm³/mol. The highest BCUT2D eigenvalue weighted by Gasteiger charge is 2.14. The molecule has 0 bridgehead atoms. The van der Waals surface area contributed by atoms with Crippen molar-refractivity contribution < 1.29 is 14.3 Å². The van der Waals surface area contributed by atoms with E-state index in [-0.39, 0.29) is 11.7 Å². The van der Waals surface area contributed by atoms with Crippen molar-refractivity contribution in [1.29, 1.82) is 0 Å². The third kappa shape index (κ3) is 5.87. The third-order valence-electron chi connectivity index (χ3n) is 5.36. The number of nitrogens with zero attached hydrogens (tertiary/aromatic N) is 2. The zero-order chi connectivity index (χ0) is 22.1. The lowest BCUT2D eigenvalue weighted by molar-refractivity contribution is -0.140. The highest BCUT2D eigenvalue weighted by Crippen LogP contribution is 2.23. The van der Waals surface area contributed by atoms with Crippen LogP contribution in [0.2, 0.25) is 0 Å². The van der Waals surface area contributed by atoms with Crippen LogP contribution in [0.25, 0.3) is 16.9 Å². The van der Waals surface area contributed by atoms with E-state index in [0.717, 1.165) is 54.8 Å². The van der Waals surface area contributed by atoms with Crippen LogP contribution in [0.1, 0.15) is 38.5 Å². The van der Waals surface area contributed by atoms with Crippen LogP contribution in [0.3, 0.4) is 0 Å². The van der Waals surface area contributed by atoms with E-state index in [9.17, 15) is 9.59 Å². The first kappa shape index (κ1) is 22.4. The Morgan fingerprint density at radius 3 is 2.23 bits per heavy atom. The van der Waals surface area contributed by atoms with Gasteiger partial charge in [0.2, 0.25) is 0 Å². The number of unbranched alkanes of at least 4 members (excludes halogenated alkanes) is 4. The molecule has 0 saturated heterocycles. The summed E-state index contributed by atoms with van der Waals surface area (Å²) >= 11 is 0. The molecule has 31 heavy (non-hydrogen) atoms. The first-order valence-electron chi connectivity index (χ1n) is 10.7. The number of aryl methyl sites for hydroxylation is 1. The molecule has 6 heteroatoms. The topological polar surface area (TPSA) is 62.5 Å². The van der Waals surface area contributed by atoms with Crippen molar-refractivity contribution in [3.05, 3.63) is 71.3 Å². The zero-order valence-corrected chi connectivity index (χ0v) is 18.3. The summed E-state index contributed by atoms with van der Waals surface area (Å²) in [7, 11) is 3.05. The van der Waals surface area contributed by atoms with Crippen molar-refractivity contribution in [2.75, 3.05) is 14.2 Å². The second-order valence-electron chi connectivity index (χ2n) is 7.48. The van der Waals surface area contributed by atoms with E-state index in [4.69, 9.17) is 4.74 Å². The van der Waals surface area contributed by atoms with Crippen LogP contribution < -0.4 is 10.4 Å². The third-order valence-corrected chi connectivity index (χ3v) is 5.36. The minimum atomic E-state index is -0.153. The Morgan fingerprint density at radius 1 is 0.871 bits per heavy atom. The lowest BCUT2D eigenvalue weighted by atomic mass is 10.1. The van der Waals surface area contributed by atoms with Crippen molar-refractivity contribution in [3.8, 4) is 22.7 Å². The van der Waals surface area contributed by atoms with Gasteiger partial charge < -0.3 is 9.47 Å². The number of carbonyl (C=O) groups excluding carboxylic acids is 1. The van der Waals surface area contributed by atoms with Gasteiger partial charge in [0.05, 0.1) is 25.6 Å². The molecule has 0 radical (unpaired) electrons. The Morgan fingerprint density at radius 2 is 1.55 bits per heavy atom. The Bertz CT molecular complexity index is 1020. The largest absolute Gasteiger partial charge is 0.497 e. The minimum absolute atomic E-state index is 0.0466. The smallest absolute Gasteiger partial charge is 0.333 e. The van der Waals surface area contributed by atoms with Crippen molar-refractivity contribution in [2.24, 2.45) is 0 Å². The number of hydrogen-bond donors (Lipinski definition) is 0. The summed E-state index contributed by atoms with van der Waals surface area (Å²) in [5.74, 6) is 0.601. The molecule has 0 atom stereocenters. The first-order chi connectivity index (χ1) is 15.1. The molecule has 164 valence electrons. The quantitative estimate of drug-likeness (QED) is 0.328. The molecular weight excluding hydrogens is 392 g/mol. The van der Waals surface area contributed by atoms with Crippen LogP contribution in [-0.4, -0.2) is 29.3 Å². The highest BCUT2D eigenvalue weighted by molar-refractivity contribution is 5.69. The van der Waals surface area contributed by atoms with Crippen molar-refractivity contribution >= 4 is 5.97 Å². The average Bonchev–Trinajstić information content (AvgIpc) is 3.14. The van der Waals surface area contributed by atoms with Crippen LogP contribution in [0, 0.1) is 0 Å². The summed E-state index contributed by atoms with van der Waals surface area (Å²) in [6.07, 6.45) is 7.22. The van der Waals surface area contributed by atoms with Crippen LogP contribution in [-0.2, 0) is 16.1 Å². The molecule has 6 nitrogen and oxygen atoms in total. The Kier molecular flexibility index (Phi) is 8.10. The molecule has 3 aromatic rings.